The maximum Gasteiger partial charge on any atom is 0.297 e. The molecule has 4 rings (SSSR count). The zero-order valence-corrected chi connectivity index (χ0v) is 17.0. The third-order valence-corrected chi connectivity index (χ3v) is 5.01. The van der Waals surface area contributed by atoms with E-state index in [4.69, 9.17) is 4.74 Å². The van der Waals surface area contributed by atoms with Crippen molar-refractivity contribution in [2.24, 2.45) is 12.0 Å². The summed E-state index contributed by atoms with van der Waals surface area (Å²) >= 11 is 0. The molecule has 30 heavy (non-hydrogen) atoms. The molecule has 0 aliphatic rings. The molecule has 0 spiro atoms. The van der Waals surface area contributed by atoms with Crippen LogP contribution in [0.3, 0.4) is 0 Å². The van der Waals surface area contributed by atoms with Crippen molar-refractivity contribution in [1.29, 1.82) is 0 Å². The van der Waals surface area contributed by atoms with Gasteiger partial charge in [-0.25, -0.2) is 9.67 Å². The smallest absolute Gasteiger partial charge is 0.297 e. The number of aromatic nitrogens is 2. The summed E-state index contributed by atoms with van der Waals surface area (Å²) in [5, 5.41) is 0. The Morgan fingerprint density at radius 3 is 2.27 bits per heavy atom. The Labute approximate surface area is 175 Å². The molecule has 0 unspecified atom stereocenters. The van der Waals surface area contributed by atoms with Crippen molar-refractivity contribution in [2.45, 2.75) is 13.5 Å². The summed E-state index contributed by atoms with van der Waals surface area (Å²) in [4.78, 5) is 17.6. The molecule has 0 atom stereocenters. The molecule has 0 amide bonds. The molecule has 0 fully saturated rings. The molecular weight excluding hydrogens is 374 g/mol. The maximum absolute atomic E-state index is 13.0. The fourth-order valence-corrected chi connectivity index (χ4v) is 3.29. The molecule has 0 N–H and O–H groups in total. The van der Waals surface area contributed by atoms with Crippen molar-refractivity contribution in [3.8, 4) is 11.4 Å². The molecule has 0 radical (unpaired) electrons. The van der Waals surface area contributed by atoms with Gasteiger partial charge in [-0.15, -0.1) is 0 Å². The first-order chi connectivity index (χ1) is 14.6. The average Bonchev–Trinajstić information content (AvgIpc) is 3.00. The van der Waals surface area contributed by atoms with Crippen molar-refractivity contribution in [2.75, 3.05) is 0 Å². The molecule has 0 saturated carbocycles. The minimum absolute atomic E-state index is 0.153. The normalized spacial score (nSPS) is 11.1. The number of hydrogen-bond acceptors (Lipinski definition) is 3. The summed E-state index contributed by atoms with van der Waals surface area (Å²) in [5.74, 6) is 0.724. The van der Waals surface area contributed by atoms with Crippen molar-refractivity contribution >= 4 is 11.9 Å². The first-order valence-electron chi connectivity index (χ1n) is 9.79. The molecule has 0 bridgehead atoms. The molecule has 5 nitrogen and oxygen atoms in total. The molecule has 0 aliphatic heterocycles. The third kappa shape index (κ3) is 3.96. The Morgan fingerprint density at radius 2 is 1.53 bits per heavy atom. The van der Waals surface area contributed by atoms with Gasteiger partial charge in [0, 0.05) is 18.8 Å². The summed E-state index contributed by atoms with van der Waals surface area (Å²) in [6, 6.07) is 27.2. The molecule has 1 heterocycles. The second-order valence-electron chi connectivity index (χ2n) is 6.98. The van der Waals surface area contributed by atoms with E-state index < -0.39 is 0 Å². The van der Waals surface area contributed by atoms with Gasteiger partial charge in [0.05, 0.1) is 11.4 Å². The Morgan fingerprint density at radius 1 is 0.900 bits per heavy atom. The van der Waals surface area contributed by atoms with Crippen LogP contribution in [0.2, 0.25) is 0 Å². The molecule has 150 valence electrons. The van der Waals surface area contributed by atoms with Crippen molar-refractivity contribution < 1.29 is 4.74 Å². The highest BCUT2D eigenvalue weighted by Gasteiger charge is 2.15. The van der Waals surface area contributed by atoms with Crippen molar-refractivity contribution in [3.05, 3.63) is 112 Å². The van der Waals surface area contributed by atoms with Crippen LogP contribution in [0.4, 0.5) is 5.69 Å². The van der Waals surface area contributed by atoms with Crippen LogP contribution in [0.5, 0.6) is 5.75 Å². The van der Waals surface area contributed by atoms with Gasteiger partial charge in [0.1, 0.15) is 12.4 Å². The molecule has 1 aromatic heterocycles. The molecule has 0 aliphatic carbocycles. The van der Waals surface area contributed by atoms with E-state index in [9.17, 15) is 4.79 Å². The van der Waals surface area contributed by atoms with E-state index in [-0.39, 0.29) is 5.56 Å². The summed E-state index contributed by atoms with van der Waals surface area (Å²) < 4.78 is 9.44. The van der Waals surface area contributed by atoms with Gasteiger partial charge in [-0.3, -0.25) is 9.48 Å². The van der Waals surface area contributed by atoms with Crippen LogP contribution in [0, 0.1) is 6.92 Å². The minimum Gasteiger partial charge on any atom is -0.488 e. The lowest BCUT2D eigenvalue weighted by molar-refractivity contribution is 0.306. The second kappa shape index (κ2) is 8.66. The number of ether oxygens (including phenoxy) is 1. The van der Waals surface area contributed by atoms with Gasteiger partial charge in [-0.1, -0.05) is 60.7 Å². The lowest BCUT2D eigenvalue weighted by Gasteiger charge is -2.08. The zero-order valence-electron chi connectivity index (χ0n) is 17.0. The van der Waals surface area contributed by atoms with Gasteiger partial charge in [0.2, 0.25) is 0 Å². The maximum atomic E-state index is 13.0. The van der Waals surface area contributed by atoms with Crippen LogP contribution in [0.25, 0.3) is 5.69 Å². The van der Waals surface area contributed by atoms with E-state index in [2.05, 4.69) is 4.99 Å². The Bertz CT molecular complexity index is 1220. The Balaban J connectivity index is 1.63. The fraction of sp³-hybridized carbons (Fsp3) is 0.120. The lowest BCUT2D eigenvalue weighted by atomic mass is 10.2. The second-order valence-corrected chi connectivity index (χ2v) is 6.98. The van der Waals surface area contributed by atoms with Gasteiger partial charge >= 0.3 is 0 Å². The average molecular weight is 397 g/mol. The van der Waals surface area contributed by atoms with E-state index in [0.717, 1.165) is 28.3 Å². The largest absolute Gasteiger partial charge is 0.488 e. The number of benzene rings is 3. The van der Waals surface area contributed by atoms with E-state index in [1.165, 1.54) is 0 Å². The number of hydrogen-bond donors (Lipinski definition) is 0. The van der Waals surface area contributed by atoms with Gasteiger partial charge in [0.15, 0.2) is 5.69 Å². The molecule has 3 aromatic carbocycles. The minimum atomic E-state index is -0.153. The van der Waals surface area contributed by atoms with Crippen LogP contribution in [0.15, 0.2) is 94.7 Å². The van der Waals surface area contributed by atoms with E-state index in [1.807, 2.05) is 104 Å². The highest BCUT2D eigenvalue weighted by molar-refractivity contribution is 5.85. The van der Waals surface area contributed by atoms with Crippen molar-refractivity contribution in [1.82, 2.24) is 9.36 Å². The van der Waals surface area contributed by atoms with Gasteiger partial charge in [-0.2, -0.15) is 0 Å². The molecule has 0 saturated heterocycles. The number of rotatable bonds is 6. The summed E-state index contributed by atoms with van der Waals surface area (Å²) in [5.41, 5.74) is 3.78. The van der Waals surface area contributed by atoms with Crippen LogP contribution >= 0.6 is 0 Å². The van der Waals surface area contributed by atoms with E-state index in [1.54, 1.807) is 10.9 Å². The SMILES string of the molecule is Cc1c(N=Cc2ccccc2OCc2ccccc2)c(=O)n(-c2ccccc2)n1C. The predicted molar refractivity (Wildman–Crippen MR) is 120 cm³/mol. The summed E-state index contributed by atoms with van der Waals surface area (Å²) in [6.07, 6.45) is 1.69. The van der Waals surface area contributed by atoms with Gasteiger partial charge in [0.25, 0.3) is 5.56 Å². The topological polar surface area (TPSA) is 48.5 Å². The first kappa shape index (κ1) is 19.5. The molecular formula is C25H23N3O2. The Hall–Kier alpha value is -3.86. The third-order valence-electron chi connectivity index (χ3n) is 5.01. The van der Waals surface area contributed by atoms with E-state index in [0.29, 0.717) is 12.3 Å². The van der Waals surface area contributed by atoms with Crippen LogP contribution in [-0.2, 0) is 13.7 Å². The highest BCUT2D eigenvalue weighted by atomic mass is 16.5. The van der Waals surface area contributed by atoms with E-state index >= 15 is 0 Å². The summed E-state index contributed by atoms with van der Waals surface area (Å²) in [7, 11) is 1.86. The predicted octanol–water partition coefficient (Wildman–Crippen LogP) is 4.81. The van der Waals surface area contributed by atoms with Gasteiger partial charge < -0.3 is 4.74 Å². The van der Waals surface area contributed by atoms with Gasteiger partial charge in [-0.05, 0) is 36.8 Å². The number of nitrogens with zero attached hydrogens (tertiary/aromatic N) is 3. The van der Waals surface area contributed by atoms with Crippen LogP contribution in [-0.4, -0.2) is 15.6 Å². The van der Waals surface area contributed by atoms with Crippen LogP contribution < -0.4 is 10.3 Å². The molecule has 4 aromatic rings. The fourth-order valence-electron chi connectivity index (χ4n) is 3.29. The molecule has 5 heteroatoms. The highest BCUT2D eigenvalue weighted by Crippen LogP contribution is 2.20. The van der Waals surface area contributed by atoms with Crippen LogP contribution in [0.1, 0.15) is 16.8 Å². The van der Waals surface area contributed by atoms with Crippen molar-refractivity contribution in [3.63, 3.8) is 0 Å². The quantitative estimate of drug-likeness (QED) is 0.438. The summed E-state index contributed by atoms with van der Waals surface area (Å²) in [6.45, 7) is 2.36. The lowest BCUT2D eigenvalue weighted by Crippen LogP contribution is -2.19. The zero-order chi connectivity index (χ0) is 20.9. The Kier molecular flexibility index (Phi) is 5.61. The number of para-hydroxylation sites is 2. The first-order valence-corrected chi connectivity index (χ1v) is 9.79. The monoisotopic (exact) mass is 397 g/mol. The number of aliphatic imine (C=N–C) groups is 1. The standard InChI is InChI=1S/C25H23N3O2/c1-19-24(25(29)28(27(19)2)22-14-7-4-8-15-22)26-17-21-13-9-10-16-23(21)30-18-20-11-5-3-6-12-20/h3-17H,18H2,1-2H3.